The van der Waals surface area contributed by atoms with Gasteiger partial charge in [-0.25, -0.2) is 0 Å². The number of para-hydroxylation sites is 1. The summed E-state index contributed by atoms with van der Waals surface area (Å²) >= 11 is 0. The highest BCUT2D eigenvalue weighted by Crippen LogP contribution is 2.55. The fraction of sp³-hybridized carbons (Fsp3) is 0.111. The Labute approximate surface area is 328 Å². The molecule has 56 heavy (non-hydrogen) atoms. The first-order valence-electron chi connectivity index (χ1n) is 19.7. The van der Waals surface area contributed by atoms with E-state index in [4.69, 9.17) is 4.42 Å². The van der Waals surface area contributed by atoms with E-state index in [-0.39, 0.29) is 10.8 Å². The van der Waals surface area contributed by atoms with Gasteiger partial charge in [0.25, 0.3) is 0 Å². The molecule has 0 bridgehead atoms. The van der Waals surface area contributed by atoms with Crippen LogP contribution in [-0.2, 0) is 10.8 Å². The normalized spacial score (nSPS) is 14.4. The Morgan fingerprint density at radius 3 is 1.64 bits per heavy atom. The Morgan fingerprint density at radius 2 is 0.893 bits per heavy atom. The molecule has 268 valence electrons. The molecule has 1 aromatic heterocycles. The first-order chi connectivity index (χ1) is 27.3. The van der Waals surface area contributed by atoms with E-state index in [0.717, 1.165) is 44.4 Å². The van der Waals surface area contributed by atoms with E-state index < -0.39 is 0 Å². The molecule has 9 aromatic rings. The van der Waals surface area contributed by atoms with Crippen molar-refractivity contribution in [1.29, 1.82) is 0 Å². The van der Waals surface area contributed by atoms with Crippen LogP contribution in [0.1, 0.15) is 49.9 Å². The van der Waals surface area contributed by atoms with Crippen molar-refractivity contribution >= 4 is 39.0 Å². The van der Waals surface area contributed by atoms with Crippen molar-refractivity contribution in [3.05, 3.63) is 198 Å². The van der Waals surface area contributed by atoms with Crippen molar-refractivity contribution in [3.63, 3.8) is 0 Å². The molecule has 0 spiro atoms. The Bertz CT molecular complexity index is 3050. The lowest BCUT2D eigenvalue weighted by Gasteiger charge is -2.29. The lowest BCUT2D eigenvalue weighted by atomic mass is 9.82. The first-order valence-corrected chi connectivity index (χ1v) is 19.7. The molecule has 2 aliphatic carbocycles. The maximum Gasteiger partial charge on any atom is 0.135 e. The Morgan fingerprint density at radius 1 is 0.375 bits per heavy atom. The van der Waals surface area contributed by atoms with Crippen molar-refractivity contribution in [2.75, 3.05) is 4.90 Å². The lowest BCUT2D eigenvalue weighted by Crippen LogP contribution is -2.16. The number of hydrogen-bond donors (Lipinski definition) is 0. The van der Waals surface area contributed by atoms with Gasteiger partial charge in [0.05, 0.1) is 5.69 Å². The Hall–Kier alpha value is -6.64. The van der Waals surface area contributed by atoms with Crippen LogP contribution in [0.3, 0.4) is 0 Å². The molecule has 0 N–H and O–H groups in total. The van der Waals surface area contributed by atoms with Gasteiger partial charge in [0, 0.05) is 38.5 Å². The van der Waals surface area contributed by atoms with Gasteiger partial charge in [-0.15, -0.1) is 0 Å². The highest BCUT2D eigenvalue weighted by atomic mass is 16.3. The number of rotatable bonds is 5. The summed E-state index contributed by atoms with van der Waals surface area (Å²) in [5, 5.41) is 2.27. The van der Waals surface area contributed by atoms with E-state index in [1.165, 1.54) is 61.3 Å². The molecule has 2 nitrogen and oxygen atoms in total. The molecule has 1 heterocycles. The van der Waals surface area contributed by atoms with Gasteiger partial charge >= 0.3 is 0 Å². The third-order valence-electron chi connectivity index (χ3n) is 12.7. The lowest BCUT2D eigenvalue weighted by molar-refractivity contribution is 0.660. The summed E-state index contributed by atoms with van der Waals surface area (Å²) in [6, 6.07) is 64.7. The van der Waals surface area contributed by atoms with Crippen molar-refractivity contribution in [2.45, 2.75) is 38.5 Å². The smallest absolute Gasteiger partial charge is 0.135 e. The molecular formula is C54H41NO. The molecule has 0 saturated heterocycles. The van der Waals surface area contributed by atoms with Crippen LogP contribution in [-0.4, -0.2) is 0 Å². The predicted octanol–water partition coefficient (Wildman–Crippen LogP) is 15.0. The summed E-state index contributed by atoms with van der Waals surface area (Å²) in [5.41, 5.74) is 20.6. The summed E-state index contributed by atoms with van der Waals surface area (Å²) < 4.78 is 6.21. The molecule has 11 rings (SSSR count). The van der Waals surface area contributed by atoms with E-state index in [0.29, 0.717) is 0 Å². The SMILES string of the molecule is CC1(C)c2ccccc2-c2c(-c3cccc(N(c4cccc(-c5ccc6oc7ccccc7c6c5)c4)c4cccc5c4-c4ccccc4C5(C)C)c3)cccc21. The molecule has 0 fully saturated rings. The Balaban J connectivity index is 1.13. The maximum atomic E-state index is 6.21. The highest BCUT2D eigenvalue weighted by molar-refractivity contribution is 6.06. The minimum absolute atomic E-state index is 0.0669. The number of anilines is 3. The maximum absolute atomic E-state index is 6.21. The fourth-order valence-electron chi connectivity index (χ4n) is 9.89. The van der Waals surface area contributed by atoms with Gasteiger partial charge in [-0.3, -0.25) is 0 Å². The average molecular weight is 720 g/mol. The summed E-state index contributed by atoms with van der Waals surface area (Å²) in [6.45, 7) is 9.43. The minimum atomic E-state index is -0.120. The van der Waals surface area contributed by atoms with Gasteiger partial charge in [-0.1, -0.05) is 155 Å². The van der Waals surface area contributed by atoms with Crippen LogP contribution in [0.25, 0.3) is 66.4 Å². The van der Waals surface area contributed by atoms with Crippen LogP contribution < -0.4 is 4.90 Å². The molecule has 0 atom stereocenters. The number of benzene rings is 8. The van der Waals surface area contributed by atoms with Gasteiger partial charge in [0.15, 0.2) is 0 Å². The van der Waals surface area contributed by atoms with Crippen LogP contribution >= 0.6 is 0 Å². The van der Waals surface area contributed by atoms with Crippen LogP contribution in [0.2, 0.25) is 0 Å². The van der Waals surface area contributed by atoms with Gasteiger partial charge in [-0.2, -0.15) is 0 Å². The predicted molar refractivity (Wildman–Crippen MR) is 234 cm³/mol. The van der Waals surface area contributed by atoms with E-state index in [1.54, 1.807) is 0 Å². The average Bonchev–Trinajstić information content (AvgIpc) is 3.81. The molecule has 8 aromatic carbocycles. The number of hydrogen-bond acceptors (Lipinski definition) is 2. The highest BCUT2D eigenvalue weighted by Gasteiger charge is 2.39. The molecule has 2 aliphatic rings. The van der Waals surface area contributed by atoms with Crippen molar-refractivity contribution in [1.82, 2.24) is 0 Å². The summed E-state index contributed by atoms with van der Waals surface area (Å²) in [5.74, 6) is 0. The topological polar surface area (TPSA) is 16.4 Å². The molecular weight excluding hydrogens is 679 g/mol. The second-order valence-corrected chi connectivity index (χ2v) is 16.5. The minimum Gasteiger partial charge on any atom is -0.456 e. The summed E-state index contributed by atoms with van der Waals surface area (Å²) in [6.07, 6.45) is 0. The largest absolute Gasteiger partial charge is 0.456 e. The second-order valence-electron chi connectivity index (χ2n) is 16.5. The van der Waals surface area contributed by atoms with Crippen LogP contribution in [0.4, 0.5) is 17.1 Å². The zero-order valence-corrected chi connectivity index (χ0v) is 32.1. The van der Waals surface area contributed by atoms with E-state index in [1.807, 2.05) is 12.1 Å². The Kier molecular flexibility index (Phi) is 6.98. The first kappa shape index (κ1) is 32.8. The summed E-state index contributed by atoms with van der Waals surface area (Å²) in [4.78, 5) is 2.48. The van der Waals surface area contributed by atoms with Crippen LogP contribution in [0.5, 0.6) is 0 Å². The molecule has 2 heteroatoms. The molecule has 0 aliphatic heterocycles. The van der Waals surface area contributed by atoms with Gasteiger partial charge in [-0.05, 0) is 110 Å². The van der Waals surface area contributed by atoms with Gasteiger partial charge in [0.2, 0.25) is 0 Å². The van der Waals surface area contributed by atoms with Crippen LogP contribution in [0.15, 0.2) is 180 Å². The van der Waals surface area contributed by atoms with E-state index in [2.05, 4.69) is 196 Å². The molecule has 0 unspecified atom stereocenters. The van der Waals surface area contributed by atoms with E-state index >= 15 is 0 Å². The zero-order valence-electron chi connectivity index (χ0n) is 32.1. The summed E-state index contributed by atoms with van der Waals surface area (Å²) in [7, 11) is 0. The monoisotopic (exact) mass is 719 g/mol. The van der Waals surface area contributed by atoms with Crippen molar-refractivity contribution in [3.8, 4) is 44.5 Å². The molecule has 0 amide bonds. The van der Waals surface area contributed by atoms with Gasteiger partial charge < -0.3 is 9.32 Å². The van der Waals surface area contributed by atoms with Crippen LogP contribution in [0, 0.1) is 0 Å². The third-order valence-corrected chi connectivity index (χ3v) is 12.7. The number of furan rings is 1. The van der Waals surface area contributed by atoms with Crippen molar-refractivity contribution < 1.29 is 4.42 Å². The molecule has 0 saturated carbocycles. The standard InChI is InChI=1S/C54H41NO/c1-53(2)44-23-8-5-20-41(44)51-39(22-13-25-46(51)53)36-16-12-18-38(32-36)55(48-27-14-26-47-52(48)42-21-6-9-24-45(42)54(47,3)4)37-17-11-15-34(31-37)35-29-30-50-43(33-35)40-19-7-10-28-49(40)56-50/h5-33H,1-4H3. The van der Waals surface area contributed by atoms with Gasteiger partial charge in [0.1, 0.15) is 11.2 Å². The fourth-order valence-corrected chi connectivity index (χ4v) is 9.89. The van der Waals surface area contributed by atoms with E-state index in [9.17, 15) is 0 Å². The number of fused-ring (bicyclic) bond motifs is 9. The van der Waals surface area contributed by atoms with Crippen molar-refractivity contribution in [2.24, 2.45) is 0 Å². The second kappa shape index (κ2) is 11.9. The number of nitrogens with zero attached hydrogens (tertiary/aromatic N) is 1. The quantitative estimate of drug-likeness (QED) is 0.176. The molecule has 0 radical (unpaired) electrons. The zero-order chi connectivity index (χ0) is 37.8. The third kappa shape index (κ3) is 4.69.